The van der Waals surface area contributed by atoms with E-state index in [1.165, 1.54) is 199 Å². The summed E-state index contributed by atoms with van der Waals surface area (Å²) in [6, 6.07) is 0. The SMILES string of the molecule is CCCCCCCCCC/C=C\CCCCCCCCCCCCCCCCCCCCCC(=O)OC(COC(=O)CCCCCCCCCC)COP(=O)(O)OCC[N+](C)(C)C. The van der Waals surface area contributed by atoms with Crippen LogP contribution in [0.4, 0.5) is 0 Å². The molecule has 0 aromatic carbocycles. The molecule has 374 valence electrons. The lowest BCUT2D eigenvalue weighted by Crippen LogP contribution is -2.37. The number of likely N-dealkylation sites (N-methyl/N-ethyl adjacent to an activating group) is 1. The van der Waals surface area contributed by atoms with Crippen LogP contribution in [0, 0.1) is 0 Å². The van der Waals surface area contributed by atoms with Crippen LogP contribution in [0.15, 0.2) is 12.2 Å². The van der Waals surface area contributed by atoms with E-state index in [-0.39, 0.29) is 25.6 Å². The van der Waals surface area contributed by atoms with Crippen LogP contribution in [0.1, 0.15) is 264 Å². The van der Waals surface area contributed by atoms with Gasteiger partial charge in [0.2, 0.25) is 0 Å². The second-order valence-electron chi connectivity index (χ2n) is 19.6. The fourth-order valence-electron chi connectivity index (χ4n) is 7.84. The number of allylic oxidation sites excluding steroid dienone is 2. The Bertz CT molecular complexity index is 1080. The highest BCUT2D eigenvalue weighted by Crippen LogP contribution is 2.43. The van der Waals surface area contributed by atoms with Gasteiger partial charge in [0, 0.05) is 12.8 Å². The van der Waals surface area contributed by atoms with E-state index in [0.717, 1.165) is 32.1 Å². The number of hydrogen-bond acceptors (Lipinski definition) is 7. The van der Waals surface area contributed by atoms with E-state index in [2.05, 4.69) is 26.0 Å². The summed E-state index contributed by atoms with van der Waals surface area (Å²) in [5.74, 6) is -0.789. The molecule has 2 atom stereocenters. The number of phosphoric acid groups is 1. The molecule has 0 saturated carbocycles. The molecule has 0 aromatic heterocycles. The minimum Gasteiger partial charge on any atom is -0.462 e. The third-order valence-electron chi connectivity index (χ3n) is 12.0. The first-order valence-electron chi connectivity index (χ1n) is 26.9. The van der Waals surface area contributed by atoms with Crippen LogP contribution < -0.4 is 0 Å². The van der Waals surface area contributed by atoms with Gasteiger partial charge in [-0.25, -0.2) is 4.57 Å². The Morgan fingerprint density at radius 2 is 0.810 bits per heavy atom. The maximum atomic E-state index is 12.7. The van der Waals surface area contributed by atoms with E-state index in [1.54, 1.807) is 0 Å². The van der Waals surface area contributed by atoms with Crippen molar-refractivity contribution in [3.05, 3.63) is 12.2 Å². The quantitative estimate of drug-likeness (QED) is 0.0211. The standard InChI is InChI=1S/C53H104NO8P/c1-6-8-10-12-14-16-17-18-19-20-21-22-23-24-25-26-27-28-29-30-31-32-33-34-35-36-37-38-40-42-44-46-53(56)62-51(50-61-63(57,58)60-48-47-54(3,4)5)49-59-52(55)45-43-41-39-15-13-11-9-7-2/h20-21,51H,6-19,22-50H2,1-5H3/p+1/b21-20-. The topological polar surface area (TPSA) is 108 Å². The van der Waals surface area contributed by atoms with Crippen molar-refractivity contribution in [2.45, 2.75) is 270 Å². The van der Waals surface area contributed by atoms with Crippen molar-refractivity contribution in [2.24, 2.45) is 0 Å². The second-order valence-corrected chi connectivity index (χ2v) is 21.1. The van der Waals surface area contributed by atoms with Crippen LogP contribution in [-0.4, -0.2) is 74.9 Å². The van der Waals surface area contributed by atoms with E-state index in [0.29, 0.717) is 23.9 Å². The molecule has 0 aliphatic rings. The number of hydrogen-bond donors (Lipinski definition) is 1. The summed E-state index contributed by atoms with van der Waals surface area (Å²) in [6.07, 6.45) is 51.7. The van der Waals surface area contributed by atoms with Crippen LogP contribution in [0.5, 0.6) is 0 Å². The van der Waals surface area contributed by atoms with Crippen molar-refractivity contribution in [3.63, 3.8) is 0 Å². The van der Waals surface area contributed by atoms with Gasteiger partial charge in [-0.15, -0.1) is 0 Å². The van der Waals surface area contributed by atoms with Crippen molar-refractivity contribution in [2.75, 3.05) is 47.5 Å². The molecule has 0 radical (unpaired) electrons. The third-order valence-corrected chi connectivity index (χ3v) is 13.0. The van der Waals surface area contributed by atoms with E-state index < -0.39 is 26.5 Å². The number of carbonyl (C=O) groups excluding carboxylic acids is 2. The molecule has 9 nitrogen and oxygen atoms in total. The summed E-state index contributed by atoms with van der Waals surface area (Å²) >= 11 is 0. The van der Waals surface area contributed by atoms with Crippen LogP contribution in [0.2, 0.25) is 0 Å². The lowest BCUT2D eigenvalue weighted by Gasteiger charge is -2.24. The highest BCUT2D eigenvalue weighted by Gasteiger charge is 2.27. The van der Waals surface area contributed by atoms with Crippen molar-refractivity contribution >= 4 is 19.8 Å². The predicted octanol–water partition coefficient (Wildman–Crippen LogP) is 16.1. The molecule has 1 N–H and O–H groups in total. The van der Waals surface area contributed by atoms with Crippen LogP contribution in [-0.2, 0) is 32.7 Å². The van der Waals surface area contributed by atoms with Crippen molar-refractivity contribution in [1.29, 1.82) is 0 Å². The lowest BCUT2D eigenvalue weighted by molar-refractivity contribution is -0.870. The van der Waals surface area contributed by atoms with E-state index in [1.807, 2.05) is 21.1 Å². The normalized spacial score (nSPS) is 13.4. The van der Waals surface area contributed by atoms with Gasteiger partial charge in [0.05, 0.1) is 27.7 Å². The number of rotatable bonds is 50. The van der Waals surface area contributed by atoms with E-state index >= 15 is 0 Å². The van der Waals surface area contributed by atoms with Gasteiger partial charge < -0.3 is 18.9 Å². The lowest BCUT2D eigenvalue weighted by atomic mass is 10.0. The first-order valence-corrected chi connectivity index (χ1v) is 28.4. The van der Waals surface area contributed by atoms with E-state index in [4.69, 9.17) is 18.5 Å². The molecule has 0 rings (SSSR count). The Morgan fingerprint density at radius 1 is 0.476 bits per heavy atom. The number of phosphoric ester groups is 1. The van der Waals surface area contributed by atoms with Crippen molar-refractivity contribution in [1.82, 2.24) is 0 Å². The number of quaternary nitrogens is 1. The first-order chi connectivity index (χ1) is 30.5. The molecule has 0 amide bonds. The minimum atomic E-state index is -4.37. The number of ether oxygens (including phenoxy) is 2. The monoisotopic (exact) mass is 915 g/mol. The molecule has 0 heterocycles. The summed E-state index contributed by atoms with van der Waals surface area (Å²) < 4.78 is 34.3. The molecule has 10 heteroatoms. The second kappa shape index (κ2) is 45.9. The van der Waals surface area contributed by atoms with E-state index in [9.17, 15) is 19.0 Å². The van der Waals surface area contributed by atoms with Crippen LogP contribution in [0.3, 0.4) is 0 Å². The van der Waals surface area contributed by atoms with Gasteiger partial charge in [-0.3, -0.25) is 18.6 Å². The van der Waals surface area contributed by atoms with Crippen molar-refractivity contribution < 1.29 is 42.1 Å². The molecule has 0 aliphatic carbocycles. The van der Waals surface area contributed by atoms with Gasteiger partial charge in [0.15, 0.2) is 6.10 Å². The number of unbranched alkanes of at least 4 members (excludes halogenated alkanes) is 34. The Kier molecular flexibility index (Phi) is 45.0. The summed E-state index contributed by atoms with van der Waals surface area (Å²) in [6.45, 7) is 4.43. The van der Waals surface area contributed by atoms with Gasteiger partial charge in [0.25, 0.3) is 0 Å². The van der Waals surface area contributed by atoms with Gasteiger partial charge in [-0.1, -0.05) is 225 Å². The molecule has 0 saturated heterocycles. The van der Waals surface area contributed by atoms with Gasteiger partial charge in [-0.05, 0) is 38.5 Å². The molecule has 0 spiro atoms. The van der Waals surface area contributed by atoms with Crippen LogP contribution >= 0.6 is 7.82 Å². The molecule has 0 bridgehead atoms. The minimum absolute atomic E-state index is 0.0357. The Labute approximate surface area is 390 Å². The molecule has 0 aliphatic heterocycles. The predicted molar refractivity (Wildman–Crippen MR) is 266 cm³/mol. The zero-order chi connectivity index (χ0) is 46.4. The Balaban J connectivity index is 3.92. The van der Waals surface area contributed by atoms with Crippen molar-refractivity contribution in [3.8, 4) is 0 Å². The summed E-state index contributed by atoms with van der Waals surface area (Å²) in [5, 5.41) is 0. The average molecular weight is 915 g/mol. The number of nitrogens with zero attached hydrogens (tertiary/aromatic N) is 1. The zero-order valence-corrected chi connectivity index (χ0v) is 43.2. The average Bonchev–Trinajstić information content (AvgIpc) is 3.24. The highest BCUT2D eigenvalue weighted by atomic mass is 31.2. The van der Waals surface area contributed by atoms with Gasteiger partial charge in [0.1, 0.15) is 19.8 Å². The number of esters is 2. The molecule has 2 unspecified atom stereocenters. The Morgan fingerprint density at radius 3 is 1.17 bits per heavy atom. The third kappa shape index (κ3) is 50.0. The zero-order valence-electron chi connectivity index (χ0n) is 42.3. The molecular weight excluding hydrogens is 810 g/mol. The summed E-state index contributed by atoms with van der Waals surface area (Å²) in [4.78, 5) is 35.3. The first kappa shape index (κ1) is 61.8. The number of carbonyl (C=O) groups is 2. The fraction of sp³-hybridized carbons (Fsp3) is 0.925. The molecule has 0 fully saturated rings. The summed E-state index contributed by atoms with van der Waals surface area (Å²) in [7, 11) is 1.49. The maximum absolute atomic E-state index is 12.7. The Hall–Kier alpha value is -1.25. The summed E-state index contributed by atoms with van der Waals surface area (Å²) in [5.41, 5.74) is 0. The largest absolute Gasteiger partial charge is 0.472 e. The smallest absolute Gasteiger partial charge is 0.462 e. The highest BCUT2D eigenvalue weighted by molar-refractivity contribution is 7.47. The maximum Gasteiger partial charge on any atom is 0.472 e. The molecular formula is C53H105NO8P+. The molecule has 63 heavy (non-hydrogen) atoms. The fourth-order valence-corrected chi connectivity index (χ4v) is 8.58. The van der Waals surface area contributed by atoms with Crippen LogP contribution in [0.25, 0.3) is 0 Å². The van der Waals surface area contributed by atoms with Gasteiger partial charge >= 0.3 is 19.8 Å². The van der Waals surface area contributed by atoms with Gasteiger partial charge in [-0.2, -0.15) is 0 Å². The molecule has 0 aromatic rings.